The molecule has 2 rings (SSSR count). The predicted octanol–water partition coefficient (Wildman–Crippen LogP) is 1.14. The third kappa shape index (κ3) is 1.92. The quantitative estimate of drug-likeness (QED) is 0.633. The minimum Gasteiger partial charge on any atom is -0.391 e. The molecule has 7 heteroatoms. The molecule has 0 saturated carbocycles. The highest BCUT2D eigenvalue weighted by atomic mass is 19.1. The zero-order chi connectivity index (χ0) is 13.4. The summed E-state index contributed by atoms with van der Waals surface area (Å²) in [7, 11) is 0. The molecular weight excluding hydrogens is 243 g/mol. The van der Waals surface area contributed by atoms with E-state index in [4.69, 9.17) is 0 Å². The van der Waals surface area contributed by atoms with Crippen molar-refractivity contribution in [1.29, 1.82) is 0 Å². The van der Waals surface area contributed by atoms with Crippen LogP contribution in [0.4, 0.5) is 15.8 Å². The Labute approximate surface area is 102 Å². The third-order valence-electron chi connectivity index (χ3n) is 2.91. The lowest BCUT2D eigenvalue weighted by molar-refractivity contribution is -0.384. The van der Waals surface area contributed by atoms with Crippen LogP contribution < -0.4 is 4.90 Å². The first-order chi connectivity index (χ1) is 8.41. The second kappa shape index (κ2) is 4.34. The van der Waals surface area contributed by atoms with Crippen LogP contribution in [-0.2, 0) is 4.79 Å². The highest BCUT2D eigenvalue weighted by Gasteiger charge is 2.35. The van der Waals surface area contributed by atoms with Crippen LogP contribution in [0.15, 0.2) is 12.1 Å². The van der Waals surface area contributed by atoms with Gasteiger partial charge in [0, 0.05) is 11.6 Å². The fourth-order valence-electron chi connectivity index (χ4n) is 2.05. The molecule has 1 atom stereocenters. The number of carbonyl (C=O) groups excluding carboxylic acids is 1. The first kappa shape index (κ1) is 12.4. The van der Waals surface area contributed by atoms with Crippen LogP contribution in [0.3, 0.4) is 0 Å². The molecule has 1 unspecified atom stereocenters. The maximum atomic E-state index is 13.5. The fourth-order valence-corrected chi connectivity index (χ4v) is 2.05. The van der Waals surface area contributed by atoms with Crippen LogP contribution in [0.25, 0.3) is 0 Å². The average molecular weight is 254 g/mol. The highest BCUT2D eigenvalue weighted by Crippen LogP contribution is 2.35. The fraction of sp³-hybridized carbons (Fsp3) is 0.364. The summed E-state index contributed by atoms with van der Waals surface area (Å²) >= 11 is 0. The van der Waals surface area contributed by atoms with Gasteiger partial charge in [-0.25, -0.2) is 4.39 Å². The summed E-state index contributed by atoms with van der Waals surface area (Å²) in [5, 5.41) is 20.3. The Bertz CT molecular complexity index is 532. The van der Waals surface area contributed by atoms with Crippen molar-refractivity contribution in [2.45, 2.75) is 19.4 Å². The second-order valence-electron chi connectivity index (χ2n) is 4.16. The first-order valence-electron chi connectivity index (χ1n) is 5.33. The summed E-state index contributed by atoms with van der Waals surface area (Å²) < 4.78 is 13.5. The summed E-state index contributed by atoms with van der Waals surface area (Å²) in [6.07, 6.45) is -0.979. The maximum absolute atomic E-state index is 13.5. The molecule has 1 saturated heterocycles. The lowest BCUT2D eigenvalue weighted by atomic mass is 10.1. The van der Waals surface area contributed by atoms with E-state index in [0.29, 0.717) is 0 Å². The monoisotopic (exact) mass is 254 g/mol. The van der Waals surface area contributed by atoms with Gasteiger partial charge in [-0.3, -0.25) is 14.9 Å². The van der Waals surface area contributed by atoms with E-state index in [2.05, 4.69) is 0 Å². The molecule has 1 aliphatic rings. The van der Waals surface area contributed by atoms with Crippen molar-refractivity contribution in [2.24, 2.45) is 0 Å². The van der Waals surface area contributed by atoms with Gasteiger partial charge in [-0.1, -0.05) is 0 Å². The zero-order valence-electron chi connectivity index (χ0n) is 9.59. The van der Waals surface area contributed by atoms with Gasteiger partial charge in [0.2, 0.25) is 5.91 Å². The normalized spacial score (nSPS) is 19.4. The molecule has 1 aliphatic heterocycles. The van der Waals surface area contributed by atoms with E-state index < -0.39 is 22.8 Å². The van der Waals surface area contributed by atoms with Crippen molar-refractivity contribution in [3.05, 3.63) is 33.6 Å². The van der Waals surface area contributed by atoms with Crippen LogP contribution in [0.5, 0.6) is 0 Å². The second-order valence-corrected chi connectivity index (χ2v) is 4.16. The van der Waals surface area contributed by atoms with Gasteiger partial charge in [0.25, 0.3) is 5.69 Å². The van der Waals surface area contributed by atoms with Gasteiger partial charge in [-0.05, 0) is 13.0 Å². The molecule has 0 spiro atoms. The Hall–Kier alpha value is -2.02. The van der Waals surface area contributed by atoms with Gasteiger partial charge >= 0.3 is 0 Å². The number of hydrogen-bond donors (Lipinski definition) is 1. The van der Waals surface area contributed by atoms with Crippen molar-refractivity contribution in [3.8, 4) is 0 Å². The molecule has 6 nitrogen and oxygen atoms in total. The average Bonchev–Trinajstić information content (AvgIpc) is 2.61. The van der Waals surface area contributed by atoms with Crippen molar-refractivity contribution < 1.29 is 19.2 Å². The standard InChI is InChI=1S/C11H11FN2O4/c1-6-8(12)2-3-9(14(17)18)11(6)13-5-7(15)4-10(13)16/h2-3,7,15H,4-5H2,1H3. The SMILES string of the molecule is Cc1c(F)ccc([N+](=O)[O-])c1N1CC(O)CC1=O. The molecule has 1 heterocycles. The number of hydrogen-bond acceptors (Lipinski definition) is 4. The lowest BCUT2D eigenvalue weighted by Gasteiger charge is -2.18. The van der Waals surface area contributed by atoms with Crippen LogP contribution in [0.2, 0.25) is 0 Å². The summed E-state index contributed by atoms with van der Waals surface area (Å²) in [5.74, 6) is -1.07. The largest absolute Gasteiger partial charge is 0.391 e. The van der Waals surface area contributed by atoms with E-state index in [1.807, 2.05) is 0 Å². The zero-order valence-corrected chi connectivity index (χ0v) is 9.59. The maximum Gasteiger partial charge on any atom is 0.293 e. The van der Waals surface area contributed by atoms with Gasteiger partial charge in [0.15, 0.2) is 0 Å². The molecular formula is C11H11FN2O4. The molecule has 1 aromatic rings. The van der Waals surface area contributed by atoms with Gasteiger partial charge < -0.3 is 10.0 Å². The summed E-state index contributed by atoms with van der Waals surface area (Å²) in [6.45, 7) is 1.32. The molecule has 1 amide bonds. The molecule has 18 heavy (non-hydrogen) atoms. The number of benzene rings is 1. The number of anilines is 1. The number of amides is 1. The Morgan fingerprint density at radius 1 is 1.56 bits per heavy atom. The minimum absolute atomic E-state index is 0.0339. The van der Waals surface area contributed by atoms with Crippen molar-refractivity contribution in [3.63, 3.8) is 0 Å². The lowest BCUT2D eigenvalue weighted by Crippen LogP contribution is -2.27. The number of rotatable bonds is 2. The van der Waals surface area contributed by atoms with E-state index in [-0.39, 0.29) is 29.9 Å². The van der Waals surface area contributed by atoms with E-state index in [0.717, 1.165) is 17.0 Å². The van der Waals surface area contributed by atoms with Crippen LogP contribution in [0.1, 0.15) is 12.0 Å². The Kier molecular flexibility index (Phi) is 3.00. The van der Waals surface area contributed by atoms with Crippen LogP contribution in [-0.4, -0.2) is 28.6 Å². The topological polar surface area (TPSA) is 83.7 Å². The summed E-state index contributed by atoms with van der Waals surface area (Å²) in [6, 6.07) is 2.02. The van der Waals surface area contributed by atoms with Gasteiger partial charge in [-0.15, -0.1) is 0 Å². The van der Waals surface area contributed by atoms with E-state index in [1.165, 1.54) is 6.92 Å². The van der Waals surface area contributed by atoms with E-state index in [1.54, 1.807) is 0 Å². The van der Waals surface area contributed by atoms with Crippen LogP contribution in [0, 0.1) is 22.9 Å². The van der Waals surface area contributed by atoms with Gasteiger partial charge in [-0.2, -0.15) is 0 Å². The van der Waals surface area contributed by atoms with Crippen molar-refractivity contribution in [1.82, 2.24) is 0 Å². The van der Waals surface area contributed by atoms with E-state index in [9.17, 15) is 24.4 Å². The Morgan fingerprint density at radius 3 is 2.72 bits per heavy atom. The smallest absolute Gasteiger partial charge is 0.293 e. The Balaban J connectivity index is 2.58. The summed E-state index contributed by atoms with van der Waals surface area (Å²) in [4.78, 5) is 23.0. The first-order valence-corrected chi connectivity index (χ1v) is 5.33. The number of nitro groups is 1. The molecule has 0 radical (unpaired) electrons. The van der Waals surface area contributed by atoms with E-state index >= 15 is 0 Å². The molecule has 1 fully saturated rings. The van der Waals surface area contributed by atoms with Crippen LogP contribution >= 0.6 is 0 Å². The van der Waals surface area contributed by atoms with Crippen molar-refractivity contribution in [2.75, 3.05) is 11.4 Å². The highest BCUT2D eigenvalue weighted by molar-refractivity contribution is 5.99. The Morgan fingerprint density at radius 2 is 2.22 bits per heavy atom. The van der Waals surface area contributed by atoms with Crippen molar-refractivity contribution >= 4 is 17.3 Å². The molecule has 1 aromatic carbocycles. The number of carbonyl (C=O) groups is 1. The predicted molar refractivity (Wildman–Crippen MR) is 60.8 cm³/mol. The number of halogens is 1. The number of aliphatic hydroxyl groups is 1. The molecule has 1 N–H and O–H groups in total. The third-order valence-corrected chi connectivity index (χ3v) is 2.91. The number of nitrogens with zero attached hydrogens (tertiary/aromatic N) is 2. The molecule has 96 valence electrons. The minimum atomic E-state index is -0.875. The number of nitro benzene ring substituents is 1. The molecule has 0 aromatic heterocycles. The summed E-state index contributed by atoms with van der Waals surface area (Å²) in [5.41, 5.74) is -0.371. The van der Waals surface area contributed by atoms with Gasteiger partial charge in [0.05, 0.1) is 24.0 Å². The molecule has 0 bridgehead atoms. The number of β-amino-alcohol motifs (C(OH)–C–C–N with tert-alkyl or cyclic N) is 1. The number of aliphatic hydroxyl groups excluding tert-OH is 1. The molecule has 0 aliphatic carbocycles. The van der Waals surface area contributed by atoms with Gasteiger partial charge in [0.1, 0.15) is 11.5 Å².